The van der Waals surface area contributed by atoms with Crippen LogP contribution in [-0.4, -0.2) is 30.0 Å². The van der Waals surface area contributed by atoms with E-state index in [4.69, 9.17) is 4.98 Å². The Morgan fingerprint density at radius 2 is 1.76 bits per heavy atom. The number of nitrogens with zero attached hydrogens (tertiary/aromatic N) is 2. The largest absolute Gasteiger partial charge is 0.306 e. The molecule has 1 aromatic carbocycles. The Labute approximate surface area is 167 Å². The van der Waals surface area contributed by atoms with Gasteiger partial charge in [0.05, 0.1) is 5.69 Å². The van der Waals surface area contributed by atoms with Gasteiger partial charge >= 0.3 is 0 Å². The summed E-state index contributed by atoms with van der Waals surface area (Å²) in [6, 6.07) is 6.96. The minimum absolute atomic E-state index is 0.407. The SMILES string of the molecule is Cc1cc(Br)c2c(c1)CCc1cc(Br)cnc1C2C1CCN(C)CC1. The van der Waals surface area contributed by atoms with E-state index in [1.54, 1.807) is 0 Å². The van der Waals surface area contributed by atoms with Crippen LogP contribution < -0.4 is 0 Å². The first-order chi connectivity index (χ1) is 12.0. The van der Waals surface area contributed by atoms with Crippen LogP contribution >= 0.6 is 31.9 Å². The summed E-state index contributed by atoms with van der Waals surface area (Å²) < 4.78 is 2.36. The maximum atomic E-state index is 4.94. The van der Waals surface area contributed by atoms with Crippen molar-refractivity contribution in [2.24, 2.45) is 5.92 Å². The highest BCUT2D eigenvalue weighted by molar-refractivity contribution is 9.10. The lowest BCUT2D eigenvalue weighted by Gasteiger charge is -2.35. The van der Waals surface area contributed by atoms with Crippen LogP contribution in [0, 0.1) is 12.8 Å². The van der Waals surface area contributed by atoms with E-state index in [0.717, 1.165) is 17.3 Å². The molecule has 0 amide bonds. The zero-order chi connectivity index (χ0) is 17.6. The fourth-order valence-electron chi connectivity index (χ4n) is 4.58. The highest BCUT2D eigenvalue weighted by atomic mass is 79.9. The third-order valence-corrected chi connectivity index (χ3v) is 6.92. The molecule has 0 bridgehead atoms. The van der Waals surface area contributed by atoms with Crippen molar-refractivity contribution in [2.45, 2.75) is 38.5 Å². The van der Waals surface area contributed by atoms with Gasteiger partial charge in [-0.05, 0) is 109 Å². The van der Waals surface area contributed by atoms with E-state index in [-0.39, 0.29) is 0 Å². The van der Waals surface area contributed by atoms with Crippen molar-refractivity contribution in [1.29, 1.82) is 0 Å². The monoisotopic (exact) mass is 462 g/mol. The third kappa shape index (κ3) is 3.45. The molecule has 4 rings (SSSR count). The van der Waals surface area contributed by atoms with Crippen LogP contribution in [-0.2, 0) is 12.8 Å². The number of likely N-dealkylation sites (tertiary alicyclic amines) is 1. The minimum atomic E-state index is 0.407. The predicted molar refractivity (Wildman–Crippen MR) is 110 cm³/mol. The van der Waals surface area contributed by atoms with Gasteiger partial charge in [-0.2, -0.15) is 0 Å². The van der Waals surface area contributed by atoms with E-state index >= 15 is 0 Å². The maximum Gasteiger partial charge on any atom is 0.0514 e. The summed E-state index contributed by atoms with van der Waals surface area (Å²) in [4.78, 5) is 7.39. The van der Waals surface area contributed by atoms with Gasteiger partial charge in [-0.3, -0.25) is 4.98 Å². The first kappa shape index (κ1) is 17.7. The summed E-state index contributed by atoms with van der Waals surface area (Å²) >= 11 is 7.53. The molecule has 2 aromatic rings. The summed E-state index contributed by atoms with van der Waals surface area (Å²) in [6.45, 7) is 4.57. The number of hydrogen-bond acceptors (Lipinski definition) is 2. The highest BCUT2D eigenvalue weighted by Gasteiger charge is 2.34. The molecule has 1 aromatic heterocycles. The van der Waals surface area contributed by atoms with Gasteiger partial charge in [0.15, 0.2) is 0 Å². The highest BCUT2D eigenvalue weighted by Crippen LogP contribution is 2.45. The lowest BCUT2D eigenvalue weighted by Crippen LogP contribution is -2.33. The van der Waals surface area contributed by atoms with Crippen molar-refractivity contribution >= 4 is 31.9 Å². The number of rotatable bonds is 1. The summed E-state index contributed by atoms with van der Waals surface area (Å²) in [5.41, 5.74) is 7.06. The number of halogens is 2. The lowest BCUT2D eigenvalue weighted by atomic mass is 9.76. The molecule has 132 valence electrons. The van der Waals surface area contributed by atoms with E-state index in [1.165, 1.54) is 58.4 Å². The number of fused-ring (bicyclic) bond motifs is 2. The van der Waals surface area contributed by atoms with Gasteiger partial charge in [0, 0.05) is 21.1 Å². The van der Waals surface area contributed by atoms with Crippen LogP contribution in [0.25, 0.3) is 0 Å². The molecule has 2 nitrogen and oxygen atoms in total. The number of aromatic nitrogens is 1. The maximum absolute atomic E-state index is 4.94. The molecule has 1 aliphatic heterocycles. The van der Waals surface area contributed by atoms with Gasteiger partial charge in [0.2, 0.25) is 0 Å². The zero-order valence-corrected chi connectivity index (χ0v) is 18.0. The summed E-state index contributed by atoms with van der Waals surface area (Å²) in [5.74, 6) is 1.07. The normalized spacial score (nSPS) is 21.5. The number of benzene rings is 1. The Morgan fingerprint density at radius 1 is 1.04 bits per heavy atom. The Hall–Kier alpha value is -0.710. The van der Waals surface area contributed by atoms with Gasteiger partial charge < -0.3 is 4.90 Å². The number of piperidine rings is 1. The number of hydrogen-bond donors (Lipinski definition) is 0. The number of pyridine rings is 1. The molecule has 2 heterocycles. The molecule has 1 fully saturated rings. The molecular weight excluding hydrogens is 440 g/mol. The van der Waals surface area contributed by atoms with Crippen molar-refractivity contribution in [2.75, 3.05) is 20.1 Å². The van der Waals surface area contributed by atoms with Crippen molar-refractivity contribution in [3.8, 4) is 0 Å². The smallest absolute Gasteiger partial charge is 0.0514 e. The van der Waals surface area contributed by atoms with Crippen molar-refractivity contribution in [3.63, 3.8) is 0 Å². The van der Waals surface area contributed by atoms with Gasteiger partial charge in [0.25, 0.3) is 0 Å². The van der Waals surface area contributed by atoms with Gasteiger partial charge in [0.1, 0.15) is 0 Å². The third-order valence-electron chi connectivity index (χ3n) is 5.83. The van der Waals surface area contributed by atoms with Gasteiger partial charge in [-0.1, -0.05) is 22.0 Å². The standard InChI is InChI=1S/C21H24Br2N2/c1-13-9-15-3-4-16-11-17(22)12-24-21(16)20(19(15)18(23)10-13)14-5-7-25(2)8-6-14/h9-12,14,20H,3-8H2,1-2H3. The zero-order valence-electron chi connectivity index (χ0n) is 14.9. The fraction of sp³-hybridized carbons (Fsp3) is 0.476. The van der Waals surface area contributed by atoms with Crippen molar-refractivity contribution in [1.82, 2.24) is 9.88 Å². The van der Waals surface area contributed by atoms with E-state index in [2.05, 4.69) is 68.9 Å². The Bertz CT molecular complexity index is 795. The molecule has 0 N–H and O–H groups in total. The van der Waals surface area contributed by atoms with Gasteiger partial charge in [-0.25, -0.2) is 0 Å². The average Bonchev–Trinajstić information content (AvgIpc) is 2.72. The van der Waals surface area contributed by atoms with E-state index in [1.807, 2.05) is 6.20 Å². The van der Waals surface area contributed by atoms with Crippen LogP contribution in [0.3, 0.4) is 0 Å². The van der Waals surface area contributed by atoms with E-state index in [9.17, 15) is 0 Å². The van der Waals surface area contributed by atoms with Crippen LogP contribution in [0.5, 0.6) is 0 Å². The second-order valence-electron chi connectivity index (χ2n) is 7.64. The Balaban J connectivity index is 1.87. The molecule has 0 radical (unpaired) electrons. The summed E-state index contributed by atoms with van der Waals surface area (Å²) in [5, 5.41) is 0. The molecule has 2 aliphatic rings. The molecule has 25 heavy (non-hydrogen) atoms. The first-order valence-electron chi connectivity index (χ1n) is 9.14. The molecule has 1 unspecified atom stereocenters. The van der Waals surface area contributed by atoms with Crippen LogP contribution in [0.2, 0.25) is 0 Å². The first-order valence-corrected chi connectivity index (χ1v) is 10.7. The summed E-state index contributed by atoms with van der Waals surface area (Å²) in [6.07, 6.45) is 6.65. The van der Waals surface area contributed by atoms with E-state index in [0.29, 0.717) is 11.8 Å². The lowest BCUT2D eigenvalue weighted by molar-refractivity contribution is 0.206. The molecule has 0 spiro atoms. The van der Waals surface area contributed by atoms with Crippen LogP contribution in [0.1, 0.15) is 46.7 Å². The number of aryl methyl sites for hydroxylation is 3. The van der Waals surface area contributed by atoms with Crippen molar-refractivity contribution in [3.05, 3.63) is 61.3 Å². The molecule has 1 aliphatic carbocycles. The van der Waals surface area contributed by atoms with Crippen molar-refractivity contribution < 1.29 is 0 Å². The topological polar surface area (TPSA) is 16.1 Å². The van der Waals surface area contributed by atoms with Crippen LogP contribution in [0.4, 0.5) is 0 Å². The second kappa shape index (κ2) is 7.13. The quantitative estimate of drug-likeness (QED) is 0.555. The molecule has 1 atom stereocenters. The average molecular weight is 464 g/mol. The molecule has 4 heteroatoms. The summed E-state index contributed by atoms with van der Waals surface area (Å²) in [7, 11) is 2.24. The Morgan fingerprint density at radius 3 is 2.52 bits per heavy atom. The fourth-order valence-corrected chi connectivity index (χ4v) is 5.82. The molecule has 0 saturated carbocycles. The Kier molecular flexibility index (Phi) is 5.04. The predicted octanol–water partition coefficient (Wildman–Crippen LogP) is 5.49. The molecular formula is C21H24Br2N2. The van der Waals surface area contributed by atoms with Crippen LogP contribution in [0.15, 0.2) is 33.3 Å². The minimum Gasteiger partial charge on any atom is -0.306 e. The van der Waals surface area contributed by atoms with E-state index < -0.39 is 0 Å². The van der Waals surface area contributed by atoms with Gasteiger partial charge in [-0.15, -0.1) is 0 Å². The molecule has 1 saturated heterocycles. The second-order valence-corrected chi connectivity index (χ2v) is 9.41.